The molecule has 0 saturated heterocycles. The number of para-hydroxylation sites is 1. The van der Waals surface area contributed by atoms with Gasteiger partial charge in [-0.1, -0.05) is 12.1 Å². The predicted octanol–water partition coefficient (Wildman–Crippen LogP) is 3.66. The van der Waals surface area contributed by atoms with Crippen LogP contribution in [0.4, 0.5) is 0 Å². The van der Waals surface area contributed by atoms with Crippen molar-refractivity contribution in [2.75, 3.05) is 14.2 Å². The third-order valence-electron chi connectivity index (χ3n) is 3.82. The Hall–Kier alpha value is -2.93. The zero-order valence-corrected chi connectivity index (χ0v) is 15.5. The number of likely N-dealkylation sites (N-methyl/N-ethyl adjacent to an activating group) is 1. The van der Waals surface area contributed by atoms with E-state index in [0.29, 0.717) is 23.6 Å². The Bertz CT molecular complexity index is 954. The largest absolute Gasteiger partial charge is 0.465 e. The van der Waals surface area contributed by atoms with E-state index >= 15 is 0 Å². The van der Waals surface area contributed by atoms with Crippen molar-refractivity contribution < 1.29 is 18.7 Å². The van der Waals surface area contributed by atoms with E-state index in [2.05, 4.69) is 9.72 Å². The summed E-state index contributed by atoms with van der Waals surface area (Å²) < 4.78 is 11.2. The minimum Gasteiger partial charge on any atom is -0.465 e. The maximum atomic E-state index is 12.3. The first-order valence-electron chi connectivity index (χ1n) is 7.94. The van der Waals surface area contributed by atoms with Gasteiger partial charge in [0.1, 0.15) is 22.1 Å². The van der Waals surface area contributed by atoms with Crippen LogP contribution in [-0.2, 0) is 16.1 Å². The fourth-order valence-electron chi connectivity index (χ4n) is 2.45. The number of nitrogens with zero attached hydrogens (tertiary/aromatic N) is 2. The van der Waals surface area contributed by atoms with Crippen molar-refractivity contribution in [2.45, 2.75) is 13.5 Å². The molecule has 0 radical (unpaired) electrons. The number of furan rings is 1. The van der Waals surface area contributed by atoms with Crippen LogP contribution in [0.15, 0.2) is 40.8 Å². The van der Waals surface area contributed by atoms with Gasteiger partial charge in [-0.25, -0.2) is 9.78 Å². The van der Waals surface area contributed by atoms with E-state index in [1.807, 2.05) is 24.3 Å². The van der Waals surface area contributed by atoms with Crippen LogP contribution >= 0.6 is 11.3 Å². The zero-order chi connectivity index (χ0) is 18.7. The Morgan fingerprint density at radius 2 is 2.12 bits per heavy atom. The molecule has 2 aromatic heterocycles. The molecule has 0 aliphatic heterocycles. The molecule has 26 heavy (non-hydrogen) atoms. The third kappa shape index (κ3) is 3.83. The molecule has 0 atom stereocenters. The highest BCUT2D eigenvalue weighted by atomic mass is 32.1. The Morgan fingerprint density at radius 3 is 2.85 bits per heavy atom. The number of aromatic nitrogens is 1. The van der Waals surface area contributed by atoms with Crippen molar-refractivity contribution in [3.63, 3.8) is 0 Å². The lowest BCUT2D eigenvalue weighted by atomic mass is 10.2. The monoisotopic (exact) mass is 370 g/mol. The molecule has 0 aliphatic rings. The number of hydrogen-bond acceptors (Lipinski definition) is 6. The third-order valence-corrected chi connectivity index (χ3v) is 4.84. The highest BCUT2D eigenvalue weighted by molar-refractivity contribution is 7.18. The number of carbonyl (C=O) groups excluding carboxylic acids is 2. The second-order valence-electron chi connectivity index (χ2n) is 5.71. The first-order valence-corrected chi connectivity index (χ1v) is 8.76. The van der Waals surface area contributed by atoms with Crippen LogP contribution < -0.4 is 0 Å². The highest BCUT2D eigenvalue weighted by Crippen LogP contribution is 2.22. The number of amides is 1. The fourth-order valence-corrected chi connectivity index (χ4v) is 3.47. The van der Waals surface area contributed by atoms with E-state index in [9.17, 15) is 9.59 Å². The summed E-state index contributed by atoms with van der Waals surface area (Å²) in [5.41, 5.74) is 1.28. The van der Waals surface area contributed by atoms with Crippen LogP contribution in [-0.4, -0.2) is 35.9 Å². The van der Waals surface area contributed by atoms with Gasteiger partial charge in [0.25, 0.3) is 0 Å². The van der Waals surface area contributed by atoms with Gasteiger partial charge in [-0.15, -0.1) is 11.3 Å². The Kier molecular flexibility index (Phi) is 5.18. The first-order chi connectivity index (χ1) is 12.5. The molecule has 0 N–H and O–H groups in total. The van der Waals surface area contributed by atoms with Crippen molar-refractivity contribution in [1.29, 1.82) is 0 Å². The zero-order valence-electron chi connectivity index (χ0n) is 14.7. The second kappa shape index (κ2) is 7.53. The summed E-state index contributed by atoms with van der Waals surface area (Å²) in [6.07, 6.45) is 2.95. The molecule has 6 nitrogen and oxygen atoms in total. The molecule has 0 spiro atoms. The summed E-state index contributed by atoms with van der Waals surface area (Å²) in [5, 5.41) is 0.872. The van der Waals surface area contributed by atoms with E-state index in [-0.39, 0.29) is 5.91 Å². The lowest BCUT2D eigenvalue weighted by molar-refractivity contribution is -0.125. The number of hydrogen-bond donors (Lipinski definition) is 0. The van der Waals surface area contributed by atoms with Crippen molar-refractivity contribution >= 4 is 39.5 Å². The number of thiazole rings is 1. The van der Waals surface area contributed by atoms with Crippen LogP contribution in [0, 0.1) is 6.92 Å². The molecule has 1 aromatic carbocycles. The molecule has 3 rings (SSSR count). The summed E-state index contributed by atoms with van der Waals surface area (Å²) in [6.45, 7) is 2.10. The normalized spacial score (nSPS) is 11.2. The number of ether oxygens (including phenoxy) is 1. The van der Waals surface area contributed by atoms with Crippen molar-refractivity contribution in [1.82, 2.24) is 9.88 Å². The molecule has 134 valence electrons. The Morgan fingerprint density at radius 1 is 1.35 bits per heavy atom. The number of rotatable bonds is 5. The molecule has 0 bridgehead atoms. The molecular formula is C19H18N2O4S. The Balaban J connectivity index is 1.67. The van der Waals surface area contributed by atoms with Gasteiger partial charge >= 0.3 is 5.97 Å². The maximum absolute atomic E-state index is 12.3. The molecule has 2 heterocycles. The Labute approximate surface area is 154 Å². The molecule has 7 heteroatoms. The summed E-state index contributed by atoms with van der Waals surface area (Å²) in [4.78, 5) is 30.0. The van der Waals surface area contributed by atoms with E-state index < -0.39 is 5.97 Å². The molecule has 1 amide bonds. The van der Waals surface area contributed by atoms with Crippen LogP contribution in [0.2, 0.25) is 0 Å². The smallest absolute Gasteiger partial charge is 0.341 e. The van der Waals surface area contributed by atoms with E-state index in [0.717, 1.165) is 15.2 Å². The van der Waals surface area contributed by atoms with Gasteiger partial charge in [-0.3, -0.25) is 4.79 Å². The van der Waals surface area contributed by atoms with Crippen molar-refractivity contribution in [3.05, 3.63) is 58.5 Å². The topological polar surface area (TPSA) is 72.6 Å². The van der Waals surface area contributed by atoms with Gasteiger partial charge in [0.15, 0.2) is 0 Å². The van der Waals surface area contributed by atoms with E-state index in [1.165, 1.54) is 19.3 Å². The number of methoxy groups -OCH3 is 1. The van der Waals surface area contributed by atoms with E-state index in [1.54, 1.807) is 36.3 Å². The molecular weight excluding hydrogens is 352 g/mol. The second-order valence-corrected chi connectivity index (χ2v) is 6.83. The average molecular weight is 370 g/mol. The SMILES string of the molecule is COC(=O)c1cc(/C=C/C(=O)N(C)Cc2nc3ccccc3s2)oc1C. The number of esters is 1. The van der Waals surface area contributed by atoms with Gasteiger partial charge in [-0.2, -0.15) is 0 Å². The van der Waals surface area contributed by atoms with Crippen molar-refractivity contribution in [3.8, 4) is 0 Å². The summed E-state index contributed by atoms with van der Waals surface area (Å²) >= 11 is 1.57. The number of fused-ring (bicyclic) bond motifs is 1. The first kappa shape index (κ1) is 17.9. The predicted molar refractivity (Wildman–Crippen MR) is 99.9 cm³/mol. The summed E-state index contributed by atoms with van der Waals surface area (Å²) in [7, 11) is 3.02. The fraction of sp³-hybridized carbons (Fsp3) is 0.211. The van der Waals surface area contributed by atoms with E-state index in [4.69, 9.17) is 4.42 Å². The lowest BCUT2D eigenvalue weighted by Crippen LogP contribution is -2.23. The number of aryl methyl sites for hydroxylation is 1. The van der Waals surface area contributed by atoms with Gasteiger partial charge in [0, 0.05) is 13.1 Å². The van der Waals surface area contributed by atoms with Crippen LogP contribution in [0.5, 0.6) is 0 Å². The minimum absolute atomic E-state index is 0.182. The summed E-state index contributed by atoms with van der Waals surface area (Å²) in [5.74, 6) is 0.222. The lowest BCUT2D eigenvalue weighted by Gasteiger charge is -2.12. The summed E-state index contributed by atoms with van der Waals surface area (Å²) in [6, 6.07) is 9.43. The molecule has 0 saturated carbocycles. The minimum atomic E-state index is -0.467. The van der Waals surface area contributed by atoms with Crippen molar-refractivity contribution in [2.24, 2.45) is 0 Å². The highest BCUT2D eigenvalue weighted by Gasteiger charge is 2.15. The maximum Gasteiger partial charge on any atom is 0.341 e. The quantitative estimate of drug-likeness (QED) is 0.506. The molecule has 0 fully saturated rings. The standard InChI is InChI=1S/C19H18N2O4S/c1-12-14(19(23)24-3)10-13(25-12)8-9-18(22)21(2)11-17-20-15-6-4-5-7-16(15)26-17/h4-10H,11H2,1-3H3/b9-8+. The van der Waals surface area contributed by atoms with Crippen LogP contribution in [0.25, 0.3) is 16.3 Å². The van der Waals surface area contributed by atoms with Crippen LogP contribution in [0.1, 0.15) is 26.9 Å². The molecule has 3 aromatic rings. The van der Waals surface area contributed by atoms with Gasteiger partial charge in [-0.05, 0) is 31.2 Å². The molecule has 0 aliphatic carbocycles. The van der Waals surface area contributed by atoms with Gasteiger partial charge < -0.3 is 14.1 Å². The van der Waals surface area contributed by atoms with Gasteiger partial charge in [0.05, 0.1) is 23.9 Å². The van der Waals surface area contributed by atoms with Gasteiger partial charge in [0.2, 0.25) is 5.91 Å². The average Bonchev–Trinajstić information content (AvgIpc) is 3.21. The number of carbonyl (C=O) groups is 2. The number of benzene rings is 1. The molecule has 0 unspecified atom stereocenters. The van der Waals surface area contributed by atoms with Crippen LogP contribution in [0.3, 0.4) is 0 Å².